The molecule has 0 spiro atoms. The molecule has 0 saturated carbocycles. The Morgan fingerprint density at radius 1 is 1.08 bits per heavy atom. The van der Waals surface area contributed by atoms with Gasteiger partial charge < -0.3 is 5.32 Å². The Hall–Kier alpha value is -1.60. The molecule has 2 aromatic carbocycles. The van der Waals surface area contributed by atoms with Gasteiger partial charge in [0.25, 0.3) is 0 Å². The maximum Gasteiger partial charge on any atom is 0.240 e. The highest BCUT2D eigenvalue weighted by atomic mass is 35.5. The number of hydrogen-bond acceptors (Lipinski definition) is 3. The lowest BCUT2D eigenvalue weighted by molar-refractivity contribution is -0.116. The van der Waals surface area contributed by atoms with Crippen molar-refractivity contribution in [2.45, 2.75) is 18.2 Å². The molecule has 2 N–H and O–H groups in total. The Bertz CT molecular complexity index is 837. The second-order valence-corrected chi connectivity index (χ2v) is 7.74. The number of anilines is 1. The van der Waals surface area contributed by atoms with Gasteiger partial charge in [0, 0.05) is 18.0 Å². The maximum atomic E-state index is 12.1. The van der Waals surface area contributed by atoms with Crippen LogP contribution in [-0.4, -0.2) is 20.9 Å². The second kappa shape index (κ2) is 7.98. The van der Waals surface area contributed by atoms with Crippen LogP contribution in [0.5, 0.6) is 0 Å². The zero-order chi connectivity index (χ0) is 17.7. The van der Waals surface area contributed by atoms with Gasteiger partial charge in [-0.05, 0) is 37.3 Å². The van der Waals surface area contributed by atoms with Crippen molar-refractivity contribution >= 4 is 44.8 Å². The molecule has 1 amide bonds. The number of rotatable bonds is 6. The van der Waals surface area contributed by atoms with Gasteiger partial charge in [-0.1, -0.05) is 40.9 Å². The molecule has 0 bridgehead atoms. The van der Waals surface area contributed by atoms with Crippen LogP contribution in [0.4, 0.5) is 5.69 Å². The van der Waals surface area contributed by atoms with Crippen LogP contribution in [0.15, 0.2) is 47.4 Å². The van der Waals surface area contributed by atoms with Crippen molar-refractivity contribution in [2.75, 3.05) is 11.9 Å². The summed E-state index contributed by atoms with van der Waals surface area (Å²) in [5, 5.41) is 3.38. The first kappa shape index (κ1) is 18.7. The Morgan fingerprint density at radius 3 is 2.38 bits per heavy atom. The van der Waals surface area contributed by atoms with Crippen molar-refractivity contribution in [2.24, 2.45) is 0 Å². The largest absolute Gasteiger partial charge is 0.325 e. The van der Waals surface area contributed by atoms with E-state index in [1.807, 2.05) is 6.92 Å². The lowest BCUT2D eigenvalue weighted by Crippen LogP contribution is -2.27. The Balaban J connectivity index is 1.89. The molecule has 0 saturated heterocycles. The normalized spacial score (nSPS) is 11.3. The van der Waals surface area contributed by atoms with Gasteiger partial charge in [0.2, 0.25) is 15.9 Å². The van der Waals surface area contributed by atoms with E-state index in [1.165, 1.54) is 18.2 Å². The summed E-state index contributed by atoms with van der Waals surface area (Å²) < 4.78 is 26.6. The van der Waals surface area contributed by atoms with Crippen LogP contribution in [0.1, 0.15) is 12.0 Å². The number of aryl methyl sites for hydroxylation is 1. The van der Waals surface area contributed by atoms with Gasteiger partial charge in [-0.3, -0.25) is 4.79 Å². The zero-order valence-electron chi connectivity index (χ0n) is 12.8. The number of benzene rings is 2. The topological polar surface area (TPSA) is 75.3 Å². The number of amides is 1. The summed E-state index contributed by atoms with van der Waals surface area (Å²) in [4.78, 5) is 12.0. The Labute approximate surface area is 151 Å². The quantitative estimate of drug-likeness (QED) is 0.795. The third kappa shape index (κ3) is 5.21. The number of carbonyl (C=O) groups is 1. The monoisotopic (exact) mass is 386 g/mol. The van der Waals surface area contributed by atoms with E-state index in [0.717, 1.165) is 5.56 Å². The smallest absolute Gasteiger partial charge is 0.240 e. The number of sulfonamides is 1. The molecule has 2 rings (SSSR count). The Kier molecular flexibility index (Phi) is 6.23. The molecule has 0 radical (unpaired) electrons. The van der Waals surface area contributed by atoms with Crippen LogP contribution >= 0.6 is 23.2 Å². The summed E-state index contributed by atoms with van der Waals surface area (Å²) in [6, 6.07) is 11.2. The lowest BCUT2D eigenvalue weighted by Gasteiger charge is -2.09. The molecule has 0 heterocycles. The van der Waals surface area contributed by atoms with Crippen LogP contribution in [0.3, 0.4) is 0 Å². The molecular formula is C16H16Cl2N2O3S. The first-order valence-corrected chi connectivity index (χ1v) is 9.33. The van der Waals surface area contributed by atoms with Crippen LogP contribution in [0.2, 0.25) is 10.0 Å². The number of carbonyl (C=O) groups excluding carboxylic acids is 1. The maximum absolute atomic E-state index is 12.1. The van der Waals surface area contributed by atoms with E-state index in [4.69, 9.17) is 23.2 Å². The summed E-state index contributed by atoms with van der Waals surface area (Å²) in [5.41, 5.74) is 1.39. The molecule has 8 heteroatoms. The fraction of sp³-hybridized carbons (Fsp3) is 0.188. The average Bonchev–Trinajstić information content (AvgIpc) is 2.50. The van der Waals surface area contributed by atoms with Gasteiger partial charge in [-0.2, -0.15) is 0 Å². The summed E-state index contributed by atoms with van der Waals surface area (Å²) >= 11 is 11.7. The highest BCUT2D eigenvalue weighted by molar-refractivity contribution is 7.89. The van der Waals surface area contributed by atoms with Crippen molar-refractivity contribution < 1.29 is 13.2 Å². The molecule has 5 nitrogen and oxygen atoms in total. The van der Waals surface area contributed by atoms with Crippen molar-refractivity contribution in [1.82, 2.24) is 4.72 Å². The average molecular weight is 387 g/mol. The highest BCUT2D eigenvalue weighted by Crippen LogP contribution is 2.25. The first-order valence-electron chi connectivity index (χ1n) is 7.09. The third-order valence-corrected chi connectivity index (χ3v) is 5.21. The minimum absolute atomic E-state index is 0.0206. The van der Waals surface area contributed by atoms with E-state index in [-0.39, 0.29) is 23.8 Å². The summed E-state index contributed by atoms with van der Waals surface area (Å²) in [6.45, 7) is 1.85. The summed E-state index contributed by atoms with van der Waals surface area (Å²) in [6.07, 6.45) is -0.0238. The molecule has 0 aromatic heterocycles. The van der Waals surface area contributed by atoms with Gasteiger partial charge in [0.15, 0.2) is 0 Å². The van der Waals surface area contributed by atoms with Gasteiger partial charge in [0.1, 0.15) is 0 Å². The van der Waals surface area contributed by atoms with E-state index in [0.29, 0.717) is 15.7 Å². The molecule has 0 aliphatic carbocycles. The van der Waals surface area contributed by atoms with E-state index in [9.17, 15) is 13.2 Å². The summed E-state index contributed by atoms with van der Waals surface area (Å²) in [5.74, 6) is -0.356. The molecule has 0 fully saturated rings. The van der Waals surface area contributed by atoms with Gasteiger partial charge in [-0.25, -0.2) is 13.1 Å². The molecule has 128 valence electrons. The van der Waals surface area contributed by atoms with Crippen molar-refractivity contribution in [3.8, 4) is 0 Å². The predicted molar refractivity (Wildman–Crippen MR) is 96.1 cm³/mol. The third-order valence-electron chi connectivity index (χ3n) is 3.18. The lowest BCUT2D eigenvalue weighted by atomic mass is 10.2. The van der Waals surface area contributed by atoms with Crippen molar-refractivity contribution in [1.29, 1.82) is 0 Å². The van der Waals surface area contributed by atoms with E-state index in [1.54, 1.807) is 24.3 Å². The highest BCUT2D eigenvalue weighted by Gasteiger charge is 2.14. The fourth-order valence-electron chi connectivity index (χ4n) is 1.90. The van der Waals surface area contributed by atoms with E-state index in [2.05, 4.69) is 10.0 Å². The van der Waals surface area contributed by atoms with E-state index < -0.39 is 10.0 Å². The van der Waals surface area contributed by atoms with Gasteiger partial charge >= 0.3 is 0 Å². The molecule has 0 aliphatic rings. The van der Waals surface area contributed by atoms with Crippen molar-refractivity contribution in [3.63, 3.8) is 0 Å². The first-order chi connectivity index (χ1) is 11.3. The van der Waals surface area contributed by atoms with Crippen LogP contribution in [-0.2, 0) is 14.8 Å². The fourth-order valence-corrected chi connectivity index (χ4v) is 3.39. The molecule has 2 aromatic rings. The zero-order valence-corrected chi connectivity index (χ0v) is 15.2. The second-order valence-electron chi connectivity index (χ2n) is 5.13. The predicted octanol–water partition coefficient (Wildman–Crippen LogP) is 3.61. The molecule has 0 aliphatic heterocycles. The van der Waals surface area contributed by atoms with Crippen LogP contribution in [0.25, 0.3) is 0 Å². The molecule has 0 atom stereocenters. The molecular weight excluding hydrogens is 371 g/mol. The van der Waals surface area contributed by atoms with Crippen LogP contribution in [0, 0.1) is 6.92 Å². The van der Waals surface area contributed by atoms with E-state index >= 15 is 0 Å². The minimum Gasteiger partial charge on any atom is -0.325 e. The standard InChI is InChI=1S/C16H16Cl2N2O3S/c1-11-2-5-13(6-3-11)24(22,23)19-9-8-16(21)20-15-7-4-12(17)10-14(15)18/h2-7,10,19H,8-9H2,1H3,(H,20,21). The number of hydrogen-bond donors (Lipinski definition) is 2. The number of nitrogens with one attached hydrogen (secondary N) is 2. The summed E-state index contributed by atoms with van der Waals surface area (Å²) in [7, 11) is -3.63. The SMILES string of the molecule is Cc1ccc(S(=O)(=O)NCCC(=O)Nc2ccc(Cl)cc2Cl)cc1. The Morgan fingerprint density at radius 2 is 1.75 bits per heavy atom. The number of halogens is 2. The van der Waals surface area contributed by atoms with Gasteiger partial charge in [-0.15, -0.1) is 0 Å². The van der Waals surface area contributed by atoms with Crippen LogP contribution < -0.4 is 10.0 Å². The molecule has 24 heavy (non-hydrogen) atoms. The molecule has 0 unspecified atom stereocenters. The van der Waals surface area contributed by atoms with Gasteiger partial charge in [0.05, 0.1) is 15.6 Å². The minimum atomic E-state index is -3.63. The van der Waals surface area contributed by atoms with Crippen molar-refractivity contribution in [3.05, 3.63) is 58.1 Å².